The molecule has 0 saturated heterocycles. The number of aryl methyl sites for hydroxylation is 1. The van der Waals surface area contributed by atoms with Crippen LogP contribution < -0.4 is 5.56 Å². The monoisotopic (exact) mass is 538 g/mol. The van der Waals surface area contributed by atoms with E-state index in [9.17, 15) is 14.8 Å². The number of halogens is 2. The molecular weight excluding hydrogens is 515 g/mol. The highest BCUT2D eigenvalue weighted by molar-refractivity contribution is 7.17. The summed E-state index contributed by atoms with van der Waals surface area (Å²) in [6.45, 7) is 2.07. The van der Waals surface area contributed by atoms with E-state index in [-0.39, 0.29) is 23.0 Å². The fraction of sp³-hybridized carbons (Fsp3) is 0.179. The summed E-state index contributed by atoms with van der Waals surface area (Å²) >= 11 is 7.33. The van der Waals surface area contributed by atoms with Crippen LogP contribution in [0.2, 0.25) is 5.02 Å². The Morgan fingerprint density at radius 3 is 2.54 bits per heavy atom. The first-order chi connectivity index (χ1) is 17.8. The Morgan fingerprint density at radius 1 is 1.14 bits per heavy atom. The minimum atomic E-state index is -0.507. The van der Waals surface area contributed by atoms with Crippen LogP contribution in [0.5, 0.6) is 0 Å². The average molecular weight is 539 g/mol. The average Bonchev–Trinajstić information content (AvgIpc) is 3.38. The number of aromatic nitrogens is 1. The predicted octanol–water partition coefficient (Wildman–Crippen LogP) is 6.48. The number of benzene rings is 2. The van der Waals surface area contributed by atoms with Gasteiger partial charge in [0, 0.05) is 47.1 Å². The first kappa shape index (κ1) is 26.3. The summed E-state index contributed by atoms with van der Waals surface area (Å²) in [5, 5.41) is 13.6. The van der Waals surface area contributed by atoms with Gasteiger partial charge in [-0.05, 0) is 53.9 Å². The number of hydrogen-bond acceptors (Lipinski definition) is 6. The van der Waals surface area contributed by atoms with Crippen molar-refractivity contribution in [1.82, 2.24) is 4.57 Å². The van der Waals surface area contributed by atoms with E-state index in [1.807, 2.05) is 30.3 Å². The molecule has 1 unspecified atom stereocenters. The molecule has 4 aromatic rings. The van der Waals surface area contributed by atoms with E-state index in [0.717, 1.165) is 16.0 Å². The lowest BCUT2D eigenvalue weighted by Gasteiger charge is -2.20. The van der Waals surface area contributed by atoms with E-state index in [0.29, 0.717) is 28.3 Å². The maximum absolute atomic E-state index is 15.1. The second kappa shape index (κ2) is 11.5. The van der Waals surface area contributed by atoms with Crippen molar-refractivity contribution in [3.05, 3.63) is 116 Å². The van der Waals surface area contributed by atoms with Crippen LogP contribution in [0.25, 0.3) is 10.4 Å². The lowest BCUT2D eigenvalue weighted by Crippen LogP contribution is -2.18. The zero-order chi connectivity index (χ0) is 26.5. The van der Waals surface area contributed by atoms with Gasteiger partial charge < -0.3 is 14.5 Å². The van der Waals surface area contributed by atoms with Crippen molar-refractivity contribution < 1.29 is 19.1 Å². The maximum atomic E-state index is 15.1. The van der Waals surface area contributed by atoms with Gasteiger partial charge >= 0.3 is 5.97 Å². The SMILES string of the molecule is CCOC(=O)c1ccc(-c2ccc(C(CC(=NO)c3ccc(=O)n(C)c3)c3ccc(Cl)cc3F)cc2)s1. The second-order valence-corrected chi connectivity index (χ2v) is 9.86. The van der Waals surface area contributed by atoms with Crippen LogP contribution in [0.1, 0.15) is 45.6 Å². The van der Waals surface area contributed by atoms with Crippen molar-refractivity contribution in [3.63, 3.8) is 0 Å². The molecule has 1 N–H and O–H groups in total. The molecule has 1 atom stereocenters. The van der Waals surface area contributed by atoms with Gasteiger partial charge in [-0.25, -0.2) is 9.18 Å². The Morgan fingerprint density at radius 2 is 1.89 bits per heavy atom. The van der Waals surface area contributed by atoms with Gasteiger partial charge in [-0.1, -0.05) is 47.1 Å². The molecule has 2 aromatic carbocycles. The molecule has 2 heterocycles. The van der Waals surface area contributed by atoms with Crippen LogP contribution in [0, 0.1) is 5.82 Å². The van der Waals surface area contributed by atoms with Gasteiger partial charge in [0.15, 0.2) is 0 Å². The molecule has 0 aliphatic heterocycles. The van der Waals surface area contributed by atoms with Crippen LogP contribution in [-0.2, 0) is 11.8 Å². The number of esters is 1. The summed E-state index contributed by atoms with van der Waals surface area (Å²) in [5.41, 5.74) is 2.73. The fourth-order valence-corrected chi connectivity index (χ4v) is 5.11. The molecule has 0 bridgehead atoms. The normalized spacial score (nSPS) is 12.4. The van der Waals surface area contributed by atoms with Gasteiger partial charge in [0.25, 0.3) is 0 Å². The third-order valence-electron chi connectivity index (χ3n) is 5.96. The van der Waals surface area contributed by atoms with Crippen molar-refractivity contribution in [2.45, 2.75) is 19.3 Å². The fourth-order valence-electron chi connectivity index (χ4n) is 4.05. The Hall–Kier alpha value is -3.75. The third kappa shape index (κ3) is 5.98. The number of carbonyl (C=O) groups is 1. The van der Waals surface area contributed by atoms with Gasteiger partial charge in [0.1, 0.15) is 10.7 Å². The minimum Gasteiger partial charge on any atom is -0.462 e. The van der Waals surface area contributed by atoms with Crippen molar-refractivity contribution in [2.75, 3.05) is 6.61 Å². The molecule has 0 radical (unpaired) electrons. The summed E-state index contributed by atoms with van der Waals surface area (Å²) in [7, 11) is 1.60. The number of pyridine rings is 1. The molecule has 0 aliphatic rings. The van der Waals surface area contributed by atoms with Gasteiger partial charge in [0.2, 0.25) is 5.56 Å². The smallest absolute Gasteiger partial charge is 0.348 e. The number of rotatable bonds is 8. The highest BCUT2D eigenvalue weighted by Gasteiger charge is 2.23. The lowest BCUT2D eigenvalue weighted by atomic mass is 9.85. The molecule has 37 heavy (non-hydrogen) atoms. The third-order valence-corrected chi connectivity index (χ3v) is 7.30. The largest absolute Gasteiger partial charge is 0.462 e. The molecule has 9 heteroatoms. The Bertz CT molecular complexity index is 1510. The topological polar surface area (TPSA) is 80.9 Å². The summed E-state index contributed by atoms with van der Waals surface area (Å²) in [5.74, 6) is -1.34. The lowest BCUT2D eigenvalue weighted by molar-refractivity contribution is 0.0532. The van der Waals surface area contributed by atoms with Crippen molar-refractivity contribution in [2.24, 2.45) is 12.2 Å². The second-order valence-electron chi connectivity index (χ2n) is 8.34. The van der Waals surface area contributed by atoms with Gasteiger partial charge in [-0.15, -0.1) is 11.3 Å². The Kier molecular flexibility index (Phi) is 8.21. The van der Waals surface area contributed by atoms with Crippen LogP contribution in [0.4, 0.5) is 4.39 Å². The first-order valence-electron chi connectivity index (χ1n) is 11.5. The van der Waals surface area contributed by atoms with Gasteiger partial charge in [-0.2, -0.15) is 0 Å². The summed E-state index contributed by atoms with van der Waals surface area (Å²) in [6, 6.07) is 18.6. The standard InChI is InChI=1S/C28H24ClFN2O4S/c1-3-36-28(34)26-12-11-25(37-26)18-6-4-17(5-7-18)22(21-10-9-20(29)14-23(21)30)15-24(31-35)19-8-13-27(33)32(2)16-19/h4-14,16,22,35H,3,15H2,1-2H3. The van der Waals surface area contributed by atoms with E-state index >= 15 is 4.39 Å². The number of nitrogens with zero attached hydrogens (tertiary/aromatic N) is 2. The molecule has 6 nitrogen and oxygen atoms in total. The van der Waals surface area contributed by atoms with Crippen LogP contribution in [0.15, 0.2) is 82.9 Å². The van der Waals surface area contributed by atoms with Crippen LogP contribution >= 0.6 is 22.9 Å². The molecule has 2 aromatic heterocycles. The van der Waals surface area contributed by atoms with E-state index in [1.54, 1.807) is 44.4 Å². The number of thiophene rings is 1. The van der Waals surface area contributed by atoms with Gasteiger partial charge in [-0.3, -0.25) is 4.79 Å². The molecule has 0 aliphatic carbocycles. The maximum Gasteiger partial charge on any atom is 0.348 e. The Labute approximate surface area is 222 Å². The molecule has 0 amide bonds. The van der Waals surface area contributed by atoms with E-state index in [1.165, 1.54) is 28.0 Å². The number of ether oxygens (including phenoxy) is 1. The molecule has 0 saturated carbocycles. The first-order valence-corrected chi connectivity index (χ1v) is 12.7. The van der Waals surface area contributed by atoms with Crippen LogP contribution in [0.3, 0.4) is 0 Å². The summed E-state index contributed by atoms with van der Waals surface area (Å²) in [4.78, 5) is 25.3. The number of oxime groups is 1. The highest BCUT2D eigenvalue weighted by atomic mass is 35.5. The van der Waals surface area contributed by atoms with E-state index in [4.69, 9.17) is 16.3 Å². The zero-order valence-electron chi connectivity index (χ0n) is 20.2. The molecular formula is C28H24ClFN2O4S. The molecule has 0 fully saturated rings. The quantitative estimate of drug-likeness (QED) is 0.120. The highest BCUT2D eigenvalue weighted by Crippen LogP contribution is 2.35. The number of hydrogen-bond donors (Lipinski definition) is 1. The summed E-state index contributed by atoms with van der Waals surface area (Å²) < 4.78 is 21.5. The van der Waals surface area contributed by atoms with Crippen LogP contribution in [-0.4, -0.2) is 28.1 Å². The Balaban J connectivity index is 1.70. The number of carbonyl (C=O) groups excluding carboxylic acids is 1. The minimum absolute atomic E-state index is 0.165. The molecule has 4 rings (SSSR count). The van der Waals surface area contributed by atoms with Crippen molar-refractivity contribution in [3.8, 4) is 10.4 Å². The van der Waals surface area contributed by atoms with Crippen molar-refractivity contribution >= 4 is 34.6 Å². The predicted molar refractivity (Wildman–Crippen MR) is 144 cm³/mol. The summed E-state index contributed by atoms with van der Waals surface area (Å²) in [6.07, 6.45) is 1.74. The molecule has 0 spiro atoms. The molecule has 190 valence electrons. The van der Waals surface area contributed by atoms with E-state index in [2.05, 4.69) is 5.16 Å². The zero-order valence-corrected chi connectivity index (χ0v) is 21.7. The van der Waals surface area contributed by atoms with Crippen molar-refractivity contribution in [1.29, 1.82) is 0 Å². The van der Waals surface area contributed by atoms with E-state index < -0.39 is 11.7 Å². The van der Waals surface area contributed by atoms with Gasteiger partial charge in [0.05, 0.1) is 12.3 Å².